The Balaban J connectivity index is 1.78. The first kappa shape index (κ1) is 18.2. The molecule has 1 fully saturated rings. The maximum Gasteiger partial charge on any atom is 0.270 e. The monoisotopic (exact) mass is 381 g/mol. The molecule has 3 aromatic rings. The zero-order chi connectivity index (χ0) is 19.8. The van der Waals surface area contributed by atoms with E-state index in [0.717, 1.165) is 23.1 Å². The van der Waals surface area contributed by atoms with Crippen LogP contribution < -0.4 is 15.0 Å². The molecule has 0 radical (unpaired) electrons. The molecule has 0 saturated carbocycles. The molecule has 28 heavy (non-hydrogen) atoms. The Morgan fingerprint density at radius 3 is 2.75 bits per heavy atom. The van der Waals surface area contributed by atoms with Gasteiger partial charge in [0, 0.05) is 25.4 Å². The highest BCUT2D eigenvalue weighted by Gasteiger charge is 2.31. The van der Waals surface area contributed by atoms with Gasteiger partial charge < -0.3 is 23.9 Å². The number of carbonyl (C=O) groups excluding carboxylic acids is 2. The molecule has 1 aromatic carbocycles. The van der Waals surface area contributed by atoms with E-state index in [-0.39, 0.29) is 18.4 Å². The van der Waals surface area contributed by atoms with Gasteiger partial charge in [-0.3, -0.25) is 9.59 Å². The predicted octanol–water partition coefficient (Wildman–Crippen LogP) is 3.15. The minimum absolute atomic E-state index is 0.0334. The Morgan fingerprint density at radius 1 is 1.29 bits per heavy atom. The van der Waals surface area contributed by atoms with Crippen LogP contribution in [-0.4, -0.2) is 30.0 Å². The normalized spacial score (nSPS) is 14.1. The van der Waals surface area contributed by atoms with Gasteiger partial charge in [-0.15, -0.1) is 0 Å². The molecule has 1 N–H and O–H groups in total. The molecule has 1 aliphatic rings. The van der Waals surface area contributed by atoms with Gasteiger partial charge in [0.15, 0.2) is 0 Å². The molecule has 4 rings (SSSR count). The summed E-state index contributed by atoms with van der Waals surface area (Å²) in [5, 5.41) is 3.74. The van der Waals surface area contributed by atoms with Crippen LogP contribution >= 0.6 is 0 Å². The summed E-state index contributed by atoms with van der Waals surface area (Å²) in [7, 11) is 3.44. The number of amides is 2. The number of rotatable bonds is 5. The van der Waals surface area contributed by atoms with E-state index in [1.807, 2.05) is 48.9 Å². The number of nitrogens with zero attached hydrogens (tertiary/aromatic N) is 2. The number of aryl methyl sites for hydroxylation is 2. The highest BCUT2D eigenvalue weighted by Crippen LogP contribution is 2.37. The number of benzene rings is 1. The fraction of sp³-hybridized carbons (Fsp3) is 0.333. The maximum atomic E-state index is 13.1. The number of furan rings is 1. The Labute approximate surface area is 162 Å². The van der Waals surface area contributed by atoms with E-state index in [4.69, 9.17) is 9.15 Å². The van der Waals surface area contributed by atoms with Crippen LogP contribution in [0.3, 0.4) is 0 Å². The third kappa shape index (κ3) is 3.02. The molecule has 1 aliphatic heterocycles. The SMILES string of the molecule is COc1ccc2c(c1)c(N1CCCC1=O)c(C(=O)NCc1ccc(C)o1)n2C. The summed E-state index contributed by atoms with van der Waals surface area (Å²) in [5.74, 6) is 1.95. The second-order valence-electron chi connectivity index (χ2n) is 6.98. The number of hydrogen-bond acceptors (Lipinski definition) is 4. The van der Waals surface area contributed by atoms with Gasteiger partial charge in [-0.1, -0.05) is 0 Å². The van der Waals surface area contributed by atoms with Crippen molar-refractivity contribution in [3.63, 3.8) is 0 Å². The Kier molecular flexibility index (Phi) is 4.58. The van der Waals surface area contributed by atoms with Crippen molar-refractivity contribution < 1.29 is 18.7 Å². The van der Waals surface area contributed by atoms with Crippen LogP contribution in [0.5, 0.6) is 5.75 Å². The molecule has 0 unspecified atom stereocenters. The third-order valence-corrected chi connectivity index (χ3v) is 5.16. The Hall–Kier alpha value is -3.22. The zero-order valence-corrected chi connectivity index (χ0v) is 16.2. The Morgan fingerprint density at radius 2 is 2.11 bits per heavy atom. The van der Waals surface area contributed by atoms with Crippen molar-refractivity contribution in [3.05, 3.63) is 47.5 Å². The summed E-state index contributed by atoms with van der Waals surface area (Å²) in [6, 6.07) is 9.34. The zero-order valence-electron chi connectivity index (χ0n) is 16.2. The van der Waals surface area contributed by atoms with E-state index in [1.54, 1.807) is 12.0 Å². The van der Waals surface area contributed by atoms with E-state index in [1.165, 1.54) is 0 Å². The highest BCUT2D eigenvalue weighted by molar-refractivity contribution is 6.14. The minimum Gasteiger partial charge on any atom is -0.497 e. The van der Waals surface area contributed by atoms with E-state index >= 15 is 0 Å². The number of hydrogen-bond donors (Lipinski definition) is 1. The topological polar surface area (TPSA) is 76.7 Å². The number of aromatic nitrogens is 1. The van der Waals surface area contributed by atoms with Crippen molar-refractivity contribution in [2.45, 2.75) is 26.3 Å². The van der Waals surface area contributed by atoms with Gasteiger partial charge in [-0.05, 0) is 43.7 Å². The van der Waals surface area contributed by atoms with Crippen LogP contribution in [0.1, 0.15) is 34.9 Å². The molecule has 7 nitrogen and oxygen atoms in total. The number of anilines is 1. The standard InChI is InChI=1S/C21H23N3O4/c1-13-6-7-15(28-13)12-22-21(26)20-19(24-10-4-5-18(24)25)16-11-14(27-3)8-9-17(16)23(20)2/h6-9,11H,4-5,10,12H2,1-3H3,(H,22,26). The van der Waals surface area contributed by atoms with Crippen LogP contribution in [0.2, 0.25) is 0 Å². The van der Waals surface area contributed by atoms with Crippen LogP contribution in [0.15, 0.2) is 34.7 Å². The molecular formula is C21H23N3O4. The lowest BCUT2D eigenvalue weighted by molar-refractivity contribution is -0.117. The molecule has 0 atom stereocenters. The van der Waals surface area contributed by atoms with Crippen molar-refractivity contribution in [2.75, 3.05) is 18.6 Å². The fourth-order valence-electron chi connectivity index (χ4n) is 3.78. The molecule has 2 aromatic heterocycles. The molecule has 2 amide bonds. The molecule has 0 spiro atoms. The molecule has 0 bridgehead atoms. The van der Waals surface area contributed by atoms with Gasteiger partial charge in [-0.2, -0.15) is 0 Å². The van der Waals surface area contributed by atoms with Crippen molar-refractivity contribution in [1.82, 2.24) is 9.88 Å². The summed E-state index contributed by atoms with van der Waals surface area (Å²) < 4.78 is 12.7. The summed E-state index contributed by atoms with van der Waals surface area (Å²) in [5.41, 5.74) is 1.98. The number of ether oxygens (including phenoxy) is 1. The van der Waals surface area contributed by atoms with Crippen molar-refractivity contribution in [3.8, 4) is 5.75 Å². The predicted molar refractivity (Wildman–Crippen MR) is 106 cm³/mol. The maximum absolute atomic E-state index is 13.1. The molecule has 1 saturated heterocycles. The molecule has 146 valence electrons. The van der Waals surface area contributed by atoms with Gasteiger partial charge >= 0.3 is 0 Å². The number of fused-ring (bicyclic) bond motifs is 1. The van der Waals surface area contributed by atoms with Crippen LogP contribution in [0.4, 0.5) is 5.69 Å². The van der Waals surface area contributed by atoms with Crippen LogP contribution in [-0.2, 0) is 18.4 Å². The van der Waals surface area contributed by atoms with Crippen LogP contribution in [0, 0.1) is 6.92 Å². The van der Waals surface area contributed by atoms with E-state index in [9.17, 15) is 9.59 Å². The van der Waals surface area contributed by atoms with Crippen LogP contribution in [0.25, 0.3) is 10.9 Å². The molecule has 3 heterocycles. The molecular weight excluding hydrogens is 358 g/mol. The lowest BCUT2D eigenvalue weighted by Crippen LogP contribution is -2.30. The number of nitrogens with one attached hydrogen (secondary N) is 1. The van der Waals surface area contributed by atoms with Gasteiger partial charge in [0.2, 0.25) is 5.91 Å². The summed E-state index contributed by atoms with van der Waals surface area (Å²) in [4.78, 5) is 27.3. The highest BCUT2D eigenvalue weighted by atomic mass is 16.5. The summed E-state index contributed by atoms with van der Waals surface area (Å²) in [6.45, 7) is 2.75. The van der Waals surface area contributed by atoms with Crippen molar-refractivity contribution in [1.29, 1.82) is 0 Å². The Bertz CT molecular complexity index is 1060. The lowest BCUT2D eigenvalue weighted by Gasteiger charge is -2.17. The fourth-order valence-corrected chi connectivity index (χ4v) is 3.78. The number of carbonyl (C=O) groups is 2. The smallest absolute Gasteiger partial charge is 0.270 e. The molecule has 7 heteroatoms. The average Bonchev–Trinajstić information content (AvgIpc) is 3.37. The van der Waals surface area contributed by atoms with Crippen molar-refractivity contribution >= 4 is 28.4 Å². The minimum atomic E-state index is -0.249. The second kappa shape index (κ2) is 7.07. The van der Waals surface area contributed by atoms with Gasteiger partial charge in [-0.25, -0.2) is 0 Å². The van der Waals surface area contributed by atoms with E-state index in [0.29, 0.717) is 35.9 Å². The van der Waals surface area contributed by atoms with Gasteiger partial charge in [0.05, 0.1) is 24.9 Å². The molecule has 0 aliphatic carbocycles. The number of methoxy groups -OCH3 is 1. The van der Waals surface area contributed by atoms with Gasteiger partial charge in [0.1, 0.15) is 23.0 Å². The first-order chi connectivity index (χ1) is 13.5. The summed E-state index contributed by atoms with van der Waals surface area (Å²) >= 11 is 0. The van der Waals surface area contributed by atoms with E-state index < -0.39 is 0 Å². The van der Waals surface area contributed by atoms with E-state index in [2.05, 4.69) is 5.32 Å². The first-order valence-corrected chi connectivity index (χ1v) is 9.30. The largest absolute Gasteiger partial charge is 0.497 e. The lowest BCUT2D eigenvalue weighted by atomic mass is 10.2. The van der Waals surface area contributed by atoms with Gasteiger partial charge in [0.25, 0.3) is 5.91 Å². The first-order valence-electron chi connectivity index (χ1n) is 9.30. The average molecular weight is 381 g/mol. The quantitative estimate of drug-likeness (QED) is 0.737. The van der Waals surface area contributed by atoms with Crippen molar-refractivity contribution in [2.24, 2.45) is 7.05 Å². The third-order valence-electron chi connectivity index (χ3n) is 5.16. The summed E-state index contributed by atoms with van der Waals surface area (Å²) in [6.07, 6.45) is 1.28. The second-order valence-corrected chi connectivity index (χ2v) is 6.98.